The predicted molar refractivity (Wildman–Crippen MR) is 63.7 cm³/mol. The molecule has 2 aromatic rings. The third-order valence-electron chi connectivity index (χ3n) is 2.06. The molecule has 0 atom stereocenters. The summed E-state index contributed by atoms with van der Waals surface area (Å²) in [4.78, 5) is 18.4. The van der Waals surface area contributed by atoms with Gasteiger partial charge in [-0.05, 0) is 24.3 Å². The normalized spacial score (nSPS) is 10.1. The van der Waals surface area contributed by atoms with Gasteiger partial charge in [0.05, 0.1) is 11.8 Å². The summed E-state index contributed by atoms with van der Waals surface area (Å²) in [6.45, 7) is 0. The zero-order chi connectivity index (χ0) is 13.1. The third kappa shape index (κ3) is 2.72. The molecule has 5 nitrogen and oxygen atoms in total. The van der Waals surface area contributed by atoms with E-state index in [1.165, 1.54) is 24.3 Å². The minimum absolute atomic E-state index is 0.0886. The largest absolute Gasteiger partial charge is 0.478 e. The summed E-state index contributed by atoms with van der Waals surface area (Å²) in [5.74, 6) is -0.904. The average molecular weight is 268 g/mol. The molecule has 7 heteroatoms. The summed E-state index contributed by atoms with van der Waals surface area (Å²) in [6.07, 6.45) is 1.05. The second-order valence-corrected chi connectivity index (χ2v) is 3.68. The Balaban J connectivity index is 2.22. The number of nitrogens with zero attached hydrogens (tertiary/aromatic N) is 2. The summed E-state index contributed by atoms with van der Waals surface area (Å²) in [5, 5.41) is 11.4. The molecule has 0 aliphatic heterocycles. The van der Waals surface area contributed by atoms with Crippen molar-refractivity contribution in [3.8, 4) is 0 Å². The highest BCUT2D eigenvalue weighted by Crippen LogP contribution is 2.18. The molecule has 0 saturated carbocycles. The quantitative estimate of drug-likeness (QED) is 0.836. The number of carbonyl (C=O) groups is 1. The molecule has 0 spiro atoms. The Morgan fingerprint density at radius 2 is 2.00 bits per heavy atom. The second kappa shape index (κ2) is 4.97. The van der Waals surface area contributed by atoms with Crippen LogP contribution >= 0.6 is 11.6 Å². The van der Waals surface area contributed by atoms with Crippen molar-refractivity contribution in [2.24, 2.45) is 0 Å². The Morgan fingerprint density at radius 3 is 2.56 bits per heavy atom. The smallest absolute Gasteiger partial charge is 0.338 e. The fourth-order valence-corrected chi connectivity index (χ4v) is 1.48. The van der Waals surface area contributed by atoms with Crippen LogP contribution in [0.2, 0.25) is 5.15 Å². The molecule has 0 radical (unpaired) electrons. The predicted octanol–water partition coefficient (Wildman–Crippen LogP) is 2.71. The van der Waals surface area contributed by atoms with Crippen LogP contribution in [-0.4, -0.2) is 21.0 Å². The maximum absolute atomic E-state index is 12.6. The maximum Gasteiger partial charge on any atom is 0.338 e. The molecule has 2 rings (SSSR count). The number of carboxylic acid groups (broad SMARTS) is 1. The summed E-state index contributed by atoms with van der Waals surface area (Å²) >= 11 is 5.70. The molecule has 0 amide bonds. The molecule has 2 aromatic heterocycles. The van der Waals surface area contributed by atoms with Gasteiger partial charge in [-0.2, -0.15) is 0 Å². The van der Waals surface area contributed by atoms with Gasteiger partial charge in [0, 0.05) is 0 Å². The average Bonchev–Trinajstić information content (AvgIpc) is 2.32. The van der Waals surface area contributed by atoms with Crippen LogP contribution in [0.4, 0.5) is 16.0 Å². The Hall–Kier alpha value is -2.21. The van der Waals surface area contributed by atoms with Crippen LogP contribution in [0.1, 0.15) is 10.4 Å². The number of hydrogen-bond donors (Lipinski definition) is 2. The van der Waals surface area contributed by atoms with E-state index < -0.39 is 11.8 Å². The molecular formula is C11H7ClFN3O2. The summed E-state index contributed by atoms with van der Waals surface area (Å²) in [6, 6.07) is 5.43. The molecule has 0 saturated heterocycles. The first-order valence-electron chi connectivity index (χ1n) is 4.84. The van der Waals surface area contributed by atoms with Crippen molar-refractivity contribution in [3.63, 3.8) is 0 Å². The molecule has 0 aliphatic carbocycles. The Labute approximate surface area is 106 Å². The van der Waals surface area contributed by atoms with Gasteiger partial charge in [-0.3, -0.25) is 0 Å². The second-order valence-electron chi connectivity index (χ2n) is 3.33. The number of anilines is 2. The van der Waals surface area contributed by atoms with E-state index >= 15 is 0 Å². The van der Waals surface area contributed by atoms with Crippen molar-refractivity contribution in [1.82, 2.24) is 9.97 Å². The lowest BCUT2D eigenvalue weighted by Crippen LogP contribution is -2.02. The van der Waals surface area contributed by atoms with Crippen LogP contribution in [-0.2, 0) is 0 Å². The Bertz CT molecular complexity index is 589. The monoisotopic (exact) mass is 267 g/mol. The lowest BCUT2D eigenvalue weighted by molar-refractivity contribution is 0.0696. The van der Waals surface area contributed by atoms with E-state index in [1.54, 1.807) is 0 Å². The van der Waals surface area contributed by atoms with Gasteiger partial charge in [0.15, 0.2) is 0 Å². The van der Waals surface area contributed by atoms with Gasteiger partial charge in [0.25, 0.3) is 0 Å². The van der Waals surface area contributed by atoms with Crippen LogP contribution in [0.15, 0.2) is 30.5 Å². The maximum atomic E-state index is 12.6. The molecule has 0 aromatic carbocycles. The van der Waals surface area contributed by atoms with Crippen molar-refractivity contribution in [1.29, 1.82) is 0 Å². The zero-order valence-corrected chi connectivity index (χ0v) is 9.65. The fourth-order valence-electron chi connectivity index (χ4n) is 1.24. The van der Waals surface area contributed by atoms with E-state index in [0.717, 1.165) is 6.20 Å². The van der Waals surface area contributed by atoms with Crippen molar-refractivity contribution >= 4 is 29.2 Å². The van der Waals surface area contributed by atoms with Crippen molar-refractivity contribution in [3.05, 3.63) is 47.0 Å². The molecule has 2 N–H and O–H groups in total. The number of rotatable bonds is 3. The lowest BCUT2D eigenvalue weighted by Gasteiger charge is -2.05. The van der Waals surface area contributed by atoms with Gasteiger partial charge >= 0.3 is 5.97 Å². The van der Waals surface area contributed by atoms with Gasteiger partial charge in [-0.15, -0.1) is 0 Å². The number of carboxylic acids is 1. The van der Waals surface area contributed by atoms with Crippen LogP contribution < -0.4 is 5.32 Å². The summed E-state index contributed by atoms with van der Waals surface area (Å²) in [7, 11) is 0. The van der Waals surface area contributed by atoms with E-state index in [4.69, 9.17) is 16.7 Å². The standard InChI is InChI=1S/C11H7ClFN3O2/c12-10-7(11(17)18)2-4-9(16-10)15-8-3-1-6(13)5-14-8/h1-5H,(H,17,18)(H,14,15,16). The van der Waals surface area contributed by atoms with E-state index in [2.05, 4.69) is 15.3 Å². The topological polar surface area (TPSA) is 75.1 Å². The first-order chi connectivity index (χ1) is 8.56. The molecule has 92 valence electrons. The molecule has 0 aliphatic rings. The Morgan fingerprint density at radius 1 is 1.28 bits per heavy atom. The molecule has 2 heterocycles. The number of aromatic carboxylic acids is 1. The highest BCUT2D eigenvalue weighted by molar-refractivity contribution is 6.32. The van der Waals surface area contributed by atoms with Crippen molar-refractivity contribution in [2.75, 3.05) is 5.32 Å². The number of aromatic nitrogens is 2. The SMILES string of the molecule is O=C(O)c1ccc(Nc2ccc(F)cn2)nc1Cl. The van der Waals surface area contributed by atoms with Crippen molar-refractivity contribution < 1.29 is 14.3 Å². The van der Waals surface area contributed by atoms with Crippen LogP contribution in [0.3, 0.4) is 0 Å². The van der Waals surface area contributed by atoms with Gasteiger partial charge < -0.3 is 10.4 Å². The lowest BCUT2D eigenvalue weighted by atomic mass is 10.3. The minimum atomic E-state index is -1.15. The number of hydrogen-bond acceptors (Lipinski definition) is 4. The first kappa shape index (κ1) is 12.3. The Kier molecular flexibility index (Phi) is 3.38. The molecule has 0 unspecified atom stereocenters. The van der Waals surface area contributed by atoms with Crippen LogP contribution in [0, 0.1) is 5.82 Å². The molecule has 0 bridgehead atoms. The summed E-state index contributed by atoms with van der Waals surface area (Å²) in [5.41, 5.74) is -0.0886. The number of pyridine rings is 2. The third-order valence-corrected chi connectivity index (χ3v) is 2.35. The fraction of sp³-hybridized carbons (Fsp3) is 0. The zero-order valence-electron chi connectivity index (χ0n) is 8.89. The van der Waals surface area contributed by atoms with Gasteiger partial charge in [0.2, 0.25) is 0 Å². The molecule has 18 heavy (non-hydrogen) atoms. The van der Waals surface area contributed by atoms with Gasteiger partial charge in [-0.25, -0.2) is 19.2 Å². The van der Waals surface area contributed by atoms with Gasteiger partial charge in [0.1, 0.15) is 22.6 Å². The summed E-state index contributed by atoms with van der Waals surface area (Å²) < 4.78 is 12.6. The van der Waals surface area contributed by atoms with E-state index in [-0.39, 0.29) is 10.7 Å². The van der Waals surface area contributed by atoms with E-state index in [0.29, 0.717) is 11.6 Å². The first-order valence-corrected chi connectivity index (χ1v) is 5.22. The van der Waals surface area contributed by atoms with Gasteiger partial charge in [-0.1, -0.05) is 11.6 Å². The number of halogens is 2. The molecular weight excluding hydrogens is 261 g/mol. The van der Waals surface area contributed by atoms with Crippen molar-refractivity contribution in [2.45, 2.75) is 0 Å². The van der Waals surface area contributed by atoms with Crippen LogP contribution in [0.5, 0.6) is 0 Å². The highest BCUT2D eigenvalue weighted by atomic mass is 35.5. The van der Waals surface area contributed by atoms with Crippen LogP contribution in [0.25, 0.3) is 0 Å². The minimum Gasteiger partial charge on any atom is -0.478 e. The molecule has 0 fully saturated rings. The number of nitrogens with one attached hydrogen (secondary N) is 1. The van der Waals surface area contributed by atoms with E-state index in [9.17, 15) is 9.18 Å². The highest BCUT2D eigenvalue weighted by Gasteiger charge is 2.10. The van der Waals surface area contributed by atoms with E-state index in [1.807, 2.05) is 0 Å².